The van der Waals surface area contributed by atoms with Gasteiger partial charge in [0, 0.05) is 36.2 Å². The molecule has 0 aliphatic carbocycles. The minimum Gasteiger partial charge on any atom is -0.497 e. The predicted octanol–water partition coefficient (Wildman–Crippen LogP) is 2.85. The number of aromatic amines is 1. The number of methoxy groups -OCH3 is 2. The van der Waals surface area contributed by atoms with Crippen LogP contribution in [0.3, 0.4) is 0 Å². The highest BCUT2D eigenvalue weighted by Gasteiger charge is 2.23. The molecule has 1 aliphatic heterocycles. The van der Waals surface area contributed by atoms with Crippen molar-refractivity contribution in [3.05, 3.63) is 63.4 Å². The number of benzene rings is 2. The first-order chi connectivity index (χ1) is 14.5. The summed E-state index contributed by atoms with van der Waals surface area (Å²) < 4.78 is 10.6. The number of carbonyl (C=O) groups excluding carboxylic acids is 1. The van der Waals surface area contributed by atoms with E-state index in [4.69, 9.17) is 9.47 Å². The van der Waals surface area contributed by atoms with Gasteiger partial charge in [-0.3, -0.25) is 14.5 Å². The number of pyridine rings is 1. The smallest absolute Gasteiger partial charge is 0.238 e. The molecule has 7 heteroatoms. The van der Waals surface area contributed by atoms with Crippen molar-refractivity contribution in [2.24, 2.45) is 0 Å². The van der Waals surface area contributed by atoms with E-state index in [0.29, 0.717) is 47.6 Å². The summed E-state index contributed by atoms with van der Waals surface area (Å²) in [4.78, 5) is 31.2. The highest BCUT2D eigenvalue weighted by atomic mass is 16.5. The second kappa shape index (κ2) is 8.20. The van der Waals surface area contributed by atoms with Crippen LogP contribution in [0.15, 0.2) is 41.2 Å². The summed E-state index contributed by atoms with van der Waals surface area (Å²) in [6, 6.07) is 11.0. The molecule has 2 aromatic carbocycles. The summed E-state index contributed by atoms with van der Waals surface area (Å²) in [7, 11) is 3.16. The zero-order valence-corrected chi connectivity index (χ0v) is 17.4. The fraction of sp³-hybridized carbons (Fsp3) is 0.304. The summed E-state index contributed by atoms with van der Waals surface area (Å²) in [6.45, 7) is 3.29. The minimum atomic E-state index is -0.141. The van der Waals surface area contributed by atoms with Gasteiger partial charge in [-0.2, -0.15) is 0 Å². The van der Waals surface area contributed by atoms with Crippen LogP contribution in [0.4, 0.5) is 5.69 Å². The summed E-state index contributed by atoms with van der Waals surface area (Å²) in [6.07, 6.45) is 0.688. The van der Waals surface area contributed by atoms with E-state index in [2.05, 4.69) is 10.3 Å². The standard InChI is InChI=1S/C23H25N3O4/c1-14-10-15(29-2)11-16-22(14)25-18-8-9-26(12-17(18)23(16)28)13-21(27)24-19-6-4-5-7-20(19)30-3/h4-7,10-11H,8-9,12-13H2,1-3H3,(H,24,27)(H,25,28). The average Bonchev–Trinajstić information content (AvgIpc) is 2.75. The molecule has 0 bridgehead atoms. The van der Waals surface area contributed by atoms with Gasteiger partial charge in [0.1, 0.15) is 11.5 Å². The number of ether oxygens (including phenoxy) is 2. The van der Waals surface area contributed by atoms with Crippen molar-refractivity contribution < 1.29 is 14.3 Å². The van der Waals surface area contributed by atoms with Crippen LogP contribution in [0.2, 0.25) is 0 Å². The second-order valence-corrected chi connectivity index (χ2v) is 7.49. The van der Waals surface area contributed by atoms with Crippen LogP contribution in [0.25, 0.3) is 10.9 Å². The predicted molar refractivity (Wildman–Crippen MR) is 116 cm³/mol. The maximum absolute atomic E-state index is 13.2. The van der Waals surface area contributed by atoms with Crippen LogP contribution in [-0.2, 0) is 17.8 Å². The molecule has 1 amide bonds. The van der Waals surface area contributed by atoms with Gasteiger partial charge in [-0.25, -0.2) is 0 Å². The van der Waals surface area contributed by atoms with Gasteiger partial charge in [0.05, 0.1) is 32.0 Å². The highest BCUT2D eigenvalue weighted by molar-refractivity contribution is 5.93. The van der Waals surface area contributed by atoms with Gasteiger partial charge in [0.25, 0.3) is 0 Å². The first-order valence-electron chi connectivity index (χ1n) is 9.87. The van der Waals surface area contributed by atoms with Crippen molar-refractivity contribution in [3.8, 4) is 11.5 Å². The Morgan fingerprint density at radius 1 is 1.20 bits per heavy atom. The fourth-order valence-corrected chi connectivity index (χ4v) is 3.97. The van der Waals surface area contributed by atoms with E-state index in [9.17, 15) is 9.59 Å². The molecule has 7 nitrogen and oxygen atoms in total. The van der Waals surface area contributed by atoms with Crippen molar-refractivity contribution in [3.63, 3.8) is 0 Å². The lowest BCUT2D eigenvalue weighted by Crippen LogP contribution is -2.39. The third kappa shape index (κ3) is 3.76. The molecule has 3 aromatic rings. The monoisotopic (exact) mass is 407 g/mol. The second-order valence-electron chi connectivity index (χ2n) is 7.49. The Morgan fingerprint density at radius 3 is 2.77 bits per heavy atom. The molecule has 0 unspecified atom stereocenters. The Labute approximate surface area is 174 Å². The topological polar surface area (TPSA) is 83.7 Å². The summed E-state index contributed by atoms with van der Waals surface area (Å²) in [5.74, 6) is 1.13. The number of para-hydroxylation sites is 2. The number of nitrogens with zero attached hydrogens (tertiary/aromatic N) is 1. The van der Waals surface area contributed by atoms with Crippen LogP contribution in [-0.4, -0.2) is 43.1 Å². The Bertz CT molecular complexity index is 1170. The number of H-pyrrole nitrogens is 1. The maximum atomic E-state index is 13.2. The molecule has 0 saturated heterocycles. The van der Waals surface area contributed by atoms with E-state index >= 15 is 0 Å². The molecule has 0 spiro atoms. The number of nitrogens with one attached hydrogen (secondary N) is 2. The zero-order chi connectivity index (χ0) is 21.3. The minimum absolute atomic E-state index is 0.00409. The Kier molecular flexibility index (Phi) is 5.46. The first-order valence-corrected chi connectivity index (χ1v) is 9.87. The molecular formula is C23H25N3O4. The average molecular weight is 407 g/mol. The normalized spacial score (nSPS) is 13.7. The molecule has 1 aliphatic rings. The van der Waals surface area contributed by atoms with Crippen LogP contribution in [0.5, 0.6) is 11.5 Å². The number of fused-ring (bicyclic) bond motifs is 2. The lowest BCUT2D eigenvalue weighted by atomic mass is 10.0. The van der Waals surface area contributed by atoms with E-state index in [1.165, 1.54) is 0 Å². The van der Waals surface area contributed by atoms with Crippen molar-refractivity contribution in [1.29, 1.82) is 0 Å². The number of anilines is 1. The highest BCUT2D eigenvalue weighted by Crippen LogP contribution is 2.25. The van der Waals surface area contributed by atoms with Crippen molar-refractivity contribution in [2.45, 2.75) is 19.9 Å². The number of aryl methyl sites for hydroxylation is 1. The lowest BCUT2D eigenvalue weighted by Gasteiger charge is -2.28. The van der Waals surface area contributed by atoms with Crippen LogP contribution in [0.1, 0.15) is 16.8 Å². The van der Waals surface area contributed by atoms with Crippen molar-refractivity contribution in [2.75, 3.05) is 32.6 Å². The number of amides is 1. The number of rotatable bonds is 5. The number of hydrogen-bond donors (Lipinski definition) is 2. The number of carbonyl (C=O) groups is 1. The van der Waals surface area contributed by atoms with E-state index in [-0.39, 0.29) is 17.9 Å². The molecular weight excluding hydrogens is 382 g/mol. The van der Waals surface area contributed by atoms with E-state index < -0.39 is 0 Å². The molecule has 1 aromatic heterocycles. The SMILES string of the molecule is COc1cc(C)c2[nH]c3c(c(=O)c2c1)CN(CC(=O)Nc1ccccc1OC)CC3. The van der Waals surface area contributed by atoms with Crippen LogP contribution in [0, 0.1) is 6.92 Å². The molecule has 0 saturated carbocycles. The van der Waals surface area contributed by atoms with Crippen molar-refractivity contribution in [1.82, 2.24) is 9.88 Å². The maximum Gasteiger partial charge on any atom is 0.238 e. The Hall–Kier alpha value is -3.32. The van der Waals surface area contributed by atoms with Gasteiger partial charge in [0.2, 0.25) is 5.91 Å². The number of aromatic nitrogens is 1. The molecule has 0 radical (unpaired) electrons. The first kappa shape index (κ1) is 20.0. The molecule has 0 fully saturated rings. The zero-order valence-electron chi connectivity index (χ0n) is 17.4. The van der Waals surface area contributed by atoms with Gasteiger partial charge in [0.15, 0.2) is 5.43 Å². The molecule has 2 heterocycles. The largest absolute Gasteiger partial charge is 0.497 e. The fourth-order valence-electron chi connectivity index (χ4n) is 3.97. The van der Waals surface area contributed by atoms with Gasteiger partial charge in [-0.15, -0.1) is 0 Å². The van der Waals surface area contributed by atoms with Gasteiger partial charge >= 0.3 is 0 Å². The van der Waals surface area contributed by atoms with Crippen LogP contribution >= 0.6 is 0 Å². The van der Waals surface area contributed by atoms with Crippen molar-refractivity contribution >= 4 is 22.5 Å². The summed E-state index contributed by atoms with van der Waals surface area (Å²) in [5, 5.41) is 3.51. The number of hydrogen-bond acceptors (Lipinski definition) is 5. The van der Waals surface area contributed by atoms with Crippen LogP contribution < -0.4 is 20.2 Å². The molecule has 0 atom stereocenters. The third-order valence-electron chi connectivity index (χ3n) is 5.51. The molecule has 4 rings (SSSR count). The summed E-state index contributed by atoms with van der Waals surface area (Å²) in [5.41, 5.74) is 4.11. The lowest BCUT2D eigenvalue weighted by molar-refractivity contribution is -0.117. The third-order valence-corrected chi connectivity index (χ3v) is 5.51. The van der Waals surface area contributed by atoms with Gasteiger partial charge < -0.3 is 19.8 Å². The molecule has 156 valence electrons. The molecule has 2 N–H and O–H groups in total. The van der Waals surface area contributed by atoms with E-state index in [1.54, 1.807) is 32.4 Å². The van der Waals surface area contributed by atoms with E-state index in [0.717, 1.165) is 16.8 Å². The quantitative estimate of drug-likeness (QED) is 0.680. The summed E-state index contributed by atoms with van der Waals surface area (Å²) >= 11 is 0. The Balaban J connectivity index is 1.56. The Morgan fingerprint density at radius 2 is 2.00 bits per heavy atom. The molecule has 30 heavy (non-hydrogen) atoms. The van der Waals surface area contributed by atoms with E-state index in [1.807, 2.05) is 30.0 Å². The van der Waals surface area contributed by atoms with Gasteiger partial charge in [-0.05, 0) is 36.8 Å². The van der Waals surface area contributed by atoms with Gasteiger partial charge in [-0.1, -0.05) is 12.1 Å².